The van der Waals surface area contributed by atoms with Crippen LogP contribution in [0.25, 0.3) is 0 Å². The van der Waals surface area contributed by atoms with E-state index in [0.29, 0.717) is 16.3 Å². The molecule has 18 heavy (non-hydrogen) atoms. The molecule has 5 nitrogen and oxygen atoms in total. The molecular weight excluding hydrogens is 250 g/mol. The molecule has 2 rings (SSSR count). The lowest BCUT2D eigenvalue weighted by molar-refractivity contribution is -0.383. The van der Waals surface area contributed by atoms with Crippen LogP contribution >= 0.6 is 11.3 Å². The number of aryl methyl sites for hydroxylation is 1. The number of nitro benzene ring substituents is 1. The monoisotopic (exact) mass is 259 g/mol. The summed E-state index contributed by atoms with van der Waals surface area (Å²) in [6.45, 7) is 1.83. The maximum Gasteiger partial charge on any atom is 0.292 e. The van der Waals surface area contributed by atoms with E-state index in [4.69, 9.17) is 5.26 Å². The van der Waals surface area contributed by atoms with Gasteiger partial charge in [0.25, 0.3) is 5.69 Å². The topological polar surface area (TPSA) is 79.0 Å². The third kappa shape index (κ3) is 2.17. The fourth-order valence-electron chi connectivity index (χ4n) is 1.54. The number of nitriles is 1. The maximum atomic E-state index is 10.9. The highest BCUT2D eigenvalue weighted by molar-refractivity contribution is 7.14. The minimum absolute atomic E-state index is 0.00700. The van der Waals surface area contributed by atoms with Gasteiger partial charge in [-0.1, -0.05) is 12.1 Å². The van der Waals surface area contributed by atoms with Crippen LogP contribution in [0.1, 0.15) is 11.1 Å². The summed E-state index contributed by atoms with van der Waals surface area (Å²) in [7, 11) is 0. The normalized spacial score (nSPS) is 9.78. The number of para-hydroxylation sites is 2. The first-order valence-electron chi connectivity index (χ1n) is 5.12. The number of benzene rings is 1. The predicted octanol–water partition coefficient (Wildman–Crippen LogP) is 3.58. The first-order chi connectivity index (χ1) is 8.63. The minimum Gasteiger partial charge on any atom is -0.341 e. The second-order valence-corrected chi connectivity index (χ2v) is 4.51. The van der Waals surface area contributed by atoms with Crippen molar-refractivity contribution < 1.29 is 4.92 Å². The van der Waals surface area contributed by atoms with Crippen LogP contribution in [0.3, 0.4) is 0 Å². The number of hydrogen-bond donors (Lipinski definition) is 1. The van der Waals surface area contributed by atoms with Gasteiger partial charge in [-0.15, -0.1) is 11.3 Å². The molecule has 0 bridgehead atoms. The number of anilines is 2. The van der Waals surface area contributed by atoms with Crippen molar-refractivity contribution in [3.8, 4) is 6.07 Å². The van der Waals surface area contributed by atoms with Gasteiger partial charge in [0, 0.05) is 6.07 Å². The molecule has 0 atom stereocenters. The van der Waals surface area contributed by atoms with E-state index in [1.54, 1.807) is 18.2 Å². The molecule has 90 valence electrons. The number of hydrogen-bond acceptors (Lipinski definition) is 5. The van der Waals surface area contributed by atoms with Crippen LogP contribution in [-0.2, 0) is 0 Å². The number of nitrogens with zero attached hydrogens (tertiary/aromatic N) is 2. The Labute approximate surface area is 107 Å². The third-order valence-corrected chi connectivity index (χ3v) is 3.45. The predicted molar refractivity (Wildman–Crippen MR) is 70.2 cm³/mol. The zero-order chi connectivity index (χ0) is 13.1. The first-order valence-corrected chi connectivity index (χ1v) is 6.00. The van der Waals surface area contributed by atoms with Gasteiger partial charge in [0.15, 0.2) is 0 Å². The number of rotatable bonds is 3. The molecule has 0 unspecified atom stereocenters. The number of nitrogens with one attached hydrogen (secondary N) is 1. The Kier molecular flexibility index (Phi) is 3.26. The Morgan fingerprint density at radius 1 is 1.44 bits per heavy atom. The zero-order valence-electron chi connectivity index (χ0n) is 9.51. The van der Waals surface area contributed by atoms with Crippen LogP contribution in [0.5, 0.6) is 0 Å². The van der Waals surface area contributed by atoms with Gasteiger partial charge in [-0.2, -0.15) is 5.26 Å². The number of thiophene rings is 1. The smallest absolute Gasteiger partial charge is 0.292 e. The van der Waals surface area contributed by atoms with Crippen LogP contribution in [0.2, 0.25) is 0 Å². The maximum absolute atomic E-state index is 10.9. The highest BCUT2D eigenvalue weighted by atomic mass is 32.1. The van der Waals surface area contributed by atoms with Gasteiger partial charge >= 0.3 is 0 Å². The van der Waals surface area contributed by atoms with Crippen molar-refractivity contribution in [2.24, 2.45) is 0 Å². The van der Waals surface area contributed by atoms with Gasteiger partial charge in [0.1, 0.15) is 16.8 Å². The zero-order valence-corrected chi connectivity index (χ0v) is 10.3. The Bertz CT molecular complexity index is 643. The largest absolute Gasteiger partial charge is 0.341 e. The Morgan fingerprint density at radius 3 is 2.83 bits per heavy atom. The first kappa shape index (κ1) is 12.1. The molecule has 0 radical (unpaired) electrons. The van der Waals surface area contributed by atoms with Crippen molar-refractivity contribution in [3.05, 3.63) is 50.9 Å². The molecule has 0 aliphatic rings. The molecule has 0 saturated carbocycles. The molecule has 0 spiro atoms. The van der Waals surface area contributed by atoms with Gasteiger partial charge in [0.05, 0.1) is 10.5 Å². The van der Waals surface area contributed by atoms with Crippen molar-refractivity contribution in [2.45, 2.75) is 6.92 Å². The second-order valence-electron chi connectivity index (χ2n) is 3.63. The van der Waals surface area contributed by atoms with Gasteiger partial charge in [0.2, 0.25) is 0 Å². The lowest BCUT2D eigenvalue weighted by atomic mass is 10.2. The van der Waals surface area contributed by atoms with Gasteiger partial charge in [-0.3, -0.25) is 10.1 Å². The average molecular weight is 259 g/mol. The van der Waals surface area contributed by atoms with Crippen LogP contribution in [0, 0.1) is 28.4 Å². The Balaban J connectivity index is 2.41. The van der Waals surface area contributed by atoms with Crippen LogP contribution < -0.4 is 5.32 Å². The van der Waals surface area contributed by atoms with E-state index in [-0.39, 0.29) is 5.69 Å². The van der Waals surface area contributed by atoms with Crippen molar-refractivity contribution in [2.75, 3.05) is 5.32 Å². The molecular formula is C12H9N3O2S. The summed E-state index contributed by atoms with van der Waals surface area (Å²) < 4.78 is 0. The summed E-state index contributed by atoms with van der Waals surface area (Å²) in [6, 6.07) is 8.45. The highest BCUT2D eigenvalue weighted by Gasteiger charge is 2.15. The fourth-order valence-corrected chi connectivity index (χ4v) is 2.44. The third-order valence-electron chi connectivity index (χ3n) is 2.44. The standard InChI is InChI=1S/C12H9N3O2S/c1-8-7-18-12(9(8)6-13)14-10-4-2-3-5-11(10)15(16)17/h2-5,7,14H,1H3. The quantitative estimate of drug-likeness (QED) is 0.675. The molecule has 0 fully saturated rings. The summed E-state index contributed by atoms with van der Waals surface area (Å²) in [5.74, 6) is 0. The van der Waals surface area contributed by atoms with Crippen molar-refractivity contribution >= 4 is 27.7 Å². The molecule has 0 aliphatic heterocycles. The van der Waals surface area contributed by atoms with Crippen molar-refractivity contribution in [1.29, 1.82) is 5.26 Å². The van der Waals surface area contributed by atoms with E-state index in [1.807, 2.05) is 12.3 Å². The summed E-state index contributed by atoms with van der Waals surface area (Å²) >= 11 is 1.36. The van der Waals surface area contributed by atoms with Crippen molar-refractivity contribution in [3.63, 3.8) is 0 Å². The number of nitro groups is 1. The fraction of sp³-hybridized carbons (Fsp3) is 0.0833. The van der Waals surface area contributed by atoms with E-state index >= 15 is 0 Å². The molecule has 0 saturated heterocycles. The van der Waals surface area contributed by atoms with E-state index in [1.165, 1.54) is 17.4 Å². The van der Waals surface area contributed by atoms with Gasteiger partial charge in [-0.05, 0) is 23.9 Å². The van der Waals surface area contributed by atoms with Gasteiger partial charge < -0.3 is 5.32 Å². The summed E-state index contributed by atoms with van der Waals surface area (Å²) in [5, 5.41) is 25.3. The minimum atomic E-state index is -0.450. The molecule has 0 aliphatic carbocycles. The average Bonchev–Trinajstić information content (AvgIpc) is 2.70. The molecule has 1 aromatic heterocycles. The second kappa shape index (κ2) is 4.85. The SMILES string of the molecule is Cc1csc(Nc2ccccc2[N+](=O)[O-])c1C#N. The van der Waals surface area contributed by atoms with Gasteiger partial charge in [-0.25, -0.2) is 0 Å². The molecule has 1 heterocycles. The summed E-state index contributed by atoms with van der Waals surface area (Å²) in [5.41, 5.74) is 1.77. The molecule has 2 aromatic rings. The van der Waals surface area contributed by atoms with E-state index in [9.17, 15) is 10.1 Å². The molecule has 1 aromatic carbocycles. The lowest BCUT2D eigenvalue weighted by Crippen LogP contribution is -1.96. The summed E-state index contributed by atoms with van der Waals surface area (Å²) in [6.07, 6.45) is 0. The van der Waals surface area contributed by atoms with Crippen LogP contribution in [0.4, 0.5) is 16.4 Å². The van der Waals surface area contributed by atoms with Crippen LogP contribution in [0.15, 0.2) is 29.6 Å². The van der Waals surface area contributed by atoms with Crippen LogP contribution in [-0.4, -0.2) is 4.92 Å². The Morgan fingerprint density at radius 2 is 2.17 bits per heavy atom. The lowest BCUT2D eigenvalue weighted by Gasteiger charge is -2.05. The van der Waals surface area contributed by atoms with E-state index in [0.717, 1.165) is 5.56 Å². The van der Waals surface area contributed by atoms with E-state index < -0.39 is 4.92 Å². The molecule has 0 amide bonds. The molecule has 1 N–H and O–H groups in total. The van der Waals surface area contributed by atoms with E-state index in [2.05, 4.69) is 11.4 Å². The van der Waals surface area contributed by atoms with Crippen molar-refractivity contribution in [1.82, 2.24) is 0 Å². The Hall–Kier alpha value is -2.39. The highest BCUT2D eigenvalue weighted by Crippen LogP contribution is 2.33. The summed E-state index contributed by atoms with van der Waals surface area (Å²) in [4.78, 5) is 10.4. The molecule has 6 heteroatoms.